The van der Waals surface area contributed by atoms with Crippen LogP contribution in [0.3, 0.4) is 0 Å². The maximum absolute atomic E-state index is 12.3. The van der Waals surface area contributed by atoms with Gasteiger partial charge >= 0.3 is 0 Å². The Labute approximate surface area is 140 Å². The van der Waals surface area contributed by atoms with Crippen molar-refractivity contribution < 1.29 is 14.6 Å². The molecule has 0 aliphatic rings. The van der Waals surface area contributed by atoms with Gasteiger partial charge in [-0.15, -0.1) is 11.8 Å². The Kier molecular flexibility index (Phi) is 5.49. The predicted octanol–water partition coefficient (Wildman–Crippen LogP) is 2.71. The van der Waals surface area contributed by atoms with Crippen molar-refractivity contribution in [2.24, 2.45) is 0 Å². The number of carbonyl (C=O) groups is 1. The molecule has 1 aromatic carbocycles. The average Bonchev–Trinajstić information content (AvgIpc) is 2.49. The summed E-state index contributed by atoms with van der Waals surface area (Å²) in [5.41, 5.74) is 0.620. The van der Waals surface area contributed by atoms with Gasteiger partial charge in [-0.25, -0.2) is 0 Å². The molecule has 0 spiro atoms. The first kappa shape index (κ1) is 17.6. The minimum Gasteiger partial charge on any atom is -0.470 e. The van der Waals surface area contributed by atoms with Crippen LogP contribution in [0.5, 0.6) is 5.75 Å². The van der Waals surface area contributed by atoms with Crippen LogP contribution in [0.1, 0.15) is 26.3 Å². The Morgan fingerprint density at radius 3 is 2.74 bits per heavy atom. The van der Waals surface area contributed by atoms with Crippen LogP contribution in [0.2, 0.25) is 0 Å². The summed E-state index contributed by atoms with van der Waals surface area (Å²) in [7, 11) is 0. The number of pyridine rings is 1. The maximum Gasteiger partial charge on any atom is 0.272 e. The molecular weight excluding hydrogens is 312 g/mol. The van der Waals surface area contributed by atoms with Gasteiger partial charge in [-0.3, -0.25) is 9.78 Å². The van der Waals surface area contributed by atoms with Gasteiger partial charge < -0.3 is 15.2 Å². The minimum absolute atomic E-state index is 0.0601. The number of aliphatic hydroxyl groups excluding tert-OH is 1. The normalized spacial score (nSPS) is 12.9. The summed E-state index contributed by atoms with van der Waals surface area (Å²) in [6.07, 6.45) is 3.48. The van der Waals surface area contributed by atoms with Crippen molar-refractivity contribution in [2.75, 3.05) is 6.26 Å². The summed E-state index contributed by atoms with van der Waals surface area (Å²) in [5, 5.41) is 13.0. The average molecular weight is 334 g/mol. The number of aromatic nitrogens is 1. The number of ether oxygens (including phenoxy) is 1. The molecule has 1 atom stereocenters. The van der Waals surface area contributed by atoms with Gasteiger partial charge in [-0.1, -0.05) is 0 Å². The molecule has 1 aromatic heterocycles. The molecule has 0 saturated heterocycles. The molecule has 0 bridgehead atoms. The molecule has 23 heavy (non-hydrogen) atoms. The van der Waals surface area contributed by atoms with E-state index in [1.165, 1.54) is 11.8 Å². The Hall–Kier alpha value is -1.79. The molecule has 6 heteroatoms. The van der Waals surface area contributed by atoms with Crippen molar-refractivity contribution in [1.82, 2.24) is 10.3 Å². The van der Waals surface area contributed by atoms with E-state index in [9.17, 15) is 9.90 Å². The smallest absolute Gasteiger partial charge is 0.272 e. The van der Waals surface area contributed by atoms with Gasteiger partial charge in [0.25, 0.3) is 5.91 Å². The second-order valence-corrected chi connectivity index (χ2v) is 7.18. The molecule has 5 nitrogen and oxygen atoms in total. The van der Waals surface area contributed by atoms with Crippen LogP contribution in [0.15, 0.2) is 30.5 Å². The van der Waals surface area contributed by atoms with E-state index < -0.39 is 5.44 Å². The van der Waals surface area contributed by atoms with Crippen molar-refractivity contribution in [2.45, 2.75) is 38.4 Å². The van der Waals surface area contributed by atoms with Crippen LogP contribution >= 0.6 is 11.8 Å². The molecule has 0 aliphatic heterocycles. The lowest BCUT2D eigenvalue weighted by Crippen LogP contribution is -2.46. The fraction of sp³-hybridized carbons (Fsp3) is 0.412. The predicted molar refractivity (Wildman–Crippen MR) is 93.5 cm³/mol. The van der Waals surface area contributed by atoms with E-state index >= 15 is 0 Å². The van der Waals surface area contributed by atoms with E-state index in [2.05, 4.69) is 10.3 Å². The third-order valence-electron chi connectivity index (χ3n) is 3.06. The van der Waals surface area contributed by atoms with Gasteiger partial charge in [0.05, 0.1) is 12.1 Å². The van der Waals surface area contributed by atoms with E-state index in [1.54, 1.807) is 12.3 Å². The van der Waals surface area contributed by atoms with Crippen LogP contribution in [0.4, 0.5) is 0 Å². The van der Waals surface area contributed by atoms with E-state index in [4.69, 9.17) is 4.74 Å². The van der Waals surface area contributed by atoms with Gasteiger partial charge in [0, 0.05) is 17.1 Å². The highest BCUT2D eigenvalue weighted by atomic mass is 32.2. The number of thioether (sulfide) groups is 1. The molecule has 0 radical (unpaired) electrons. The molecule has 0 fully saturated rings. The lowest BCUT2D eigenvalue weighted by Gasteiger charge is -2.24. The summed E-state index contributed by atoms with van der Waals surface area (Å²) in [6, 6.07) is 7.32. The zero-order valence-corrected chi connectivity index (χ0v) is 14.6. The maximum atomic E-state index is 12.3. The lowest BCUT2D eigenvalue weighted by molar-refractivity contribution is -0.125. The molecule has 2 N–H and O–H groups in total. The summed E-state index contributed by atoms with van der Waals surface area (Å²) in [6.45, 7) is 5.73. The van der Waals surface area contributed by atoms with Crippen molar-refractivity contribution in [3.8, 4) is 5.75 Å². The van der Waals surface area contributed by atoms with Gasteiger partial charge in [-0.05, 0) is 56.9 Å². The molecule has 2 aromatic rings. The van der Waals surface area contributed by atoms with E-state index in [1.807, 2.05) is 45.2 Å². The number of nitrogens with one attached hydrogen (secondary N) is 1. The van der Waals surface area contributed by atoms with Crippen LogP contribution in [-0.2, 0) is 11.4 Å². The fourth-order valence-electron chi connectivity index (χ4n) is 2.08. The van der Waals surface area contributed by atoms with Crippen LogP contribution in [-0.4, -0.2) is 33.2 Å². The standard InChI is InChI=1S/C17H22N2O3S/c1-17(2,3)19-15(21)16(23-4)22-13-5-6-14-12(8-13)7-11(10-20)9-18-14/h5-9,16,20H,10H2,1-4H3,(H,19,21). The number of hydrogen-bond donors (Lipinski definition) is 2. The highest BCUT2D eigenvalue weighted by Gasteiger charge is 2.23. The molecule has 1 amide bonds. The Morgan fingerprint density at radius 2 is 2.13 bits per heavy atom. The topological polar surface area (TPSA) is 71.5 Å². The summed E-state index contributed by atoms with van der Waals surface area (Å²) >= 11 is 1.34. The number of rotatable bonds is 5. The first-order valence-electron chi connectivity index (χ1n) is 7.33. The monoisotopic (exact) mass is 334 g/mol. The largest absolute Gasteiger partial charge is 0.470 e. The van der Waals surface area contributed by atoms with Crippen molar-refractivity contribution in [1.29, 1.82) is 0 Å². The number of amides is 1. The van der Waals surface area contributed by atoms with Gasteiger partial charge in [0.15, 0.2) is 0 Å². The van der Waals surface area contributed by atoms with E-state index in [0.29, 0.717) is 5.75 Å². The lowest BCUT2D eigenvalue weighted by atomic mass is 10.1. The number of nitrogens with zero attached hydrogens (tertiary/aromatic N) is 1. The van der Waals surface area contributed by atoms with Gasteiger partial charge in [0.1, 0.15) is 5.75 Å². The number of fused-ring (bicyclic) bond motifs is 1. The summed E-state index contributed by atoms with van der Waals surface area (Å²) in [4.78, 5) is 16.5. The quantitative estimate of drug-likeness (QED) is 0.823. The molecule has 2 rings (SSSR count). The second kappa shape index (κ2) is 7.19. The zero-order chi connectivity index (χ0) is 17.0. The van der Waals surface area contributed by atoms with Crippen LogP contribution in [0, 0.1) is 0 Å². The molecule has 1 unspecified atom stereocenters. The zero-order valence-electron chi connectivity index (χ0n) is 13.8. The highest BCUT2D eigenvalue weighted by Crippen LogP contribution is 2.23. The Bertz CT molecular complexity index is 698. The summed E-state index contributed by atoms with van der Waals surface area (Å²) < 4.78 is 5.81. The number of hydrogen-bond acceptors (Lipinski definition) is 5. The number of benzene rings is 1. The third kappa shape index (κ3) is 4.84. The SMILES string of the molecule is CSC(Oc1ccc2ncc(CO)cc2c1)C(=O)NC(C)(C)C. The first-order chi connectivity index (χ1) is 10.8. The van der Waals surface area contributed by atoms with Crippen molar-refractivity contribution in [3.63, 3.8) is 0 Å². The number of aliphatic hydroxyl groups is 1. The van der Waals surface area contributed by atoms with Gasteiger partial charge in [-0.2, -0.15) is 0 Å². The van der Waals surface area contributed by atoms with Crippen LogP contribution < -0.4 is 10.1 Å². The fourth-order valence-corrected chi connectivity index (χ4v) is 2.56. The molecule has 0 aliphatic carbocycles. The van der Waals surface area contributed by atoms with Crippen LogP contribution in [0.25, 0.3) is 10.9 Å². The molecule has 1 heterocycles. The number of carbonyl (C=O) groups excluding carboxylic acids is 1. The summed E-state index contributed by atoms with van der Waals surface area (Å²) in [5.74, 6) is 0.435. The highest BCUT2D eigenvalue weighted by molar-refractivity contribution is 7.99. The van der Waals surface area contributed by atoms with Crippen molar-refractivity contribution >= 4 is 28.6 Å². The van der Waals surface area contributed by atoms with E-state index in [-0.39, 0.29) is 18.1 Å². The molecule has 124 valence electrons. The third-order valence-corrected chi connectivity index (χ3v) is 3.80. The minimum atomic E-state index is -0.624. The Balaban J connectivity index is 2.20. The first-order valence-corrected chi connectivity index (χ1v) is 8.62. The molecule has 0 saturated carbocycles. The van der Waals surface area contributed by atoms with Gasteiger partial charge in [0.2, 0.25) is 5.44 Å². The second-order valence-electron chi connectivity index (χ2n) is 6.28. The molecular formula is C17H22N2O3S. The van der Waals surface area contributed by atoms with E-state index in [0.717, 1.165) is 16.5 Å². The van der Waals surface area contributed by atoms with Crippen molar-refractivity contribution in [3.05, 3.63) is 36.0 Å². The Morgan fingerprint density at radius 1 is 1.39 bits per heavy atom.